The number of aromatic amines is 1. The molecule has 1 fully saturated rings. The van der Waals surface area contributed by atoms with Crippen molar-refractivity contribution in [2.24, 2.45) is 11.5 Å². The number of hydrogen-bond donors (Lipinski definition) is 7. The Morgan fingerprint density at radius 2 is 1.91 bits per heavy atom. The van der Waals surface area contributed by atoms with Crippen molar-refractivity contribution in [3.8, 4) is 0 Å². The number of likely N-dealkylation sites (tertiary alicyclic amines) is 1. The van der Waals surface area contributed by atoms with Crippen LogP contribution in [0.1, 0.15) is 44.2 Å². The zero-order chi connectivity index (χ0) is 26.0. The van der Waals surface area contributed by atoms with Crippen molar-refractivity contribution in [2.75, 3.05) is 13.1 Å². The van der Waals surface area contributed by atoms with E-state index < -0.39 is 60.2 Å². The second kappa shape index (κ2) is 13.4. The van der Waals surface area contributed by atoms with Gasteiger partial charge in [0.2, 0.25) is 17.7 Å². The topological polar surface area (TPSA) is 234 Å². The number of carboxylic acids is 2. The van der Waals surface area contributed by atoms with E-state index >= 15 is 0 Å². The summed E-state index contributed by atoms with van der Waals surface area (Å²) in [6, 6.07) is -4.50. The van der Waals surface area contributed by atoms with Crippen LogP contribution in [0.2, 0.25) is 0 Å². The number of hydrogen-bond acceptors (Lipinski definition) is 8. The molecular weight excluding hydrogens is 462 g/mol. The van der Waals surface area contributed by atoms with E-state index in [9.17, 15) is 29.1 Å². The summed E-state index contributed by atoms with van der Waals surface area (Å²) >= 11 is 0. The van der Waals surface area contributed by atoms with Gasteiger partial charge in [-0.15, -0.1) is 0 Å². The number of H-pyrrole nitrogens is 1. The second-order valence-electron chi connectivity index (χ2n) is 8.42. The molecule has 0 spiro atoms. The lowest BCUT2D eigenvalue weighted by Gasteiger charge is -2.30. The fourth-order valence-corrected chi connectivity index (χ4v) is 3.90. The number of nitrogens with one attached hydrogen (secondary N) is 3. The molecule has 0 radical (unpaired) electrons. The summed E-state index contributed by atoms with van der Waals surface area (Å²) < 4.78 is 0. The Kier molecular flexibility index (Phi) is 10.6. The van der Waals surface area contributed by atoms with Crippen molar-refractivity contribution in [3.63, 3.8) is 0 Å². The summed E-state index contributed by atoms with van der Waals surface area (Å²) in [4.78, 5) is 69.1. The molecule has 1 aliphatic heterocycles. The standard InChI is InChI=1S/C21H33N7O7/c22-6-2-1-4-14(26-18(31)13(23)8-12-10-24-11-25-12)20(33)28-7-3-5-16(28)19(32)27-15(21(34)35)9-17(29)30/h10-11,13-16H,1-9,22-23H2,(H,24,25)(H,26,31)(H,27,32)(H,29,30)(H,34,35). The highest BCUT2D eigenvalue weighted by Gasteiger charge is 2.39. The van der Waals surface area contributed by atoms with Gasteiger partial charge in [-0.3, -0.25) is 19.2 Å². The van der Waals surface area contributed by atoms with E-state index in [0.717, 1.165) is 0 Å². The molecule has 1 aromatic heterocycles. The van der Waals surface area contributed by atoms with E-state index in [1.807, 2.05) is 0 Å². The number of carbonyl (C=O) groups is 5. The molecule has 4 atom stereocenters. The predicted octanol–water partition coefficient (Wildman–Crippen LogP) is -2.07. The number of unbranched alkanes of at least 4 members (excludes halogenated alkanes) is 1. The molecule has 0 aliphatic carbocycles. The molecule has 1 saturated heterocycles. The van der Waals surface area contributed by atoms with E-state index in [0.29, 0.717) is 31.5 Å². The van der Waals surface area contributed by atoms with Crippen LogP contribution in [0.15, 0.2) is 12.5 Å². The molecule has 2 rings (SSSR count). The van der Waals surface area contributed by atoms with Crippen molar-refractivity contribution >= 4 is 29.7 Å². The summed E-state index contributed by atoms with van der Waals surface area (Å²) in [6.07, 6.45) is 4.61. The van der Waals surface area contributed by atoms with Crippen molar-refractivity contribution < 1.29 is 34.2 Å². The van der Waals surface area contributed by atoms with Crippen LogP contribution >= 0.6 is 0 Å². The molecular formula is C21H33N7O7. The number of amides is 3. The zero-order valence-electron chi connectivity index (χ0n) is 19.3. The van der Waals surface area contributed by atoms with Crippen LogP contribution in [0.25, 0.3) is 0 Å². The van der Waals surface area contributed by atoms with Gasteiger partial charge in [-0.25, -0.2) is 9.78 Å². The summed E-state index contributed by atoms with van der Waals surface area (Å²) in [5.74, 6) is -4.67. The second-order valence-corrected chi connectivity index (χ2v) is 8.42. The Bertz CT molecular complexity index is 893. The van der Waals surface area contributed by atoms with Gasteiger partial charge in [0.15, 0.2) is 0 Å². The molecule has 0 saturated carbocycles. The van der Waals surface area contributed by atoms with E-state index in [1.54, 1.807) is 6.20 Å². The fourth-order valence-electron chi connectivity index (χ4n) is 3.90. The van der Waals surface area contributed by atoms with Gasteiger partial charge in [0, 0.05) is 24.9 Å². The first-order valence-electron chi connectivity index (χ1n) is 11.4. The van der Waals surface area contributed by atoms with Gasteiger partial charge in [0.1, 0.15) is 18.1 Å². The van der Waals surface area contributed by atoms with Crippen molar-refractivity contribution in [3.05, 3.63) is 18.2 Å². The highest BCUT2D eigenvalue weighted by Crippen LogP contribution is 2.20. The van der Waals surface area contributed by atoms with E-state index in [1.165, 1.54) is 11.2 Å². The van der Waals surface area contributed by atoms with Gasteiger partial charge in [0.05, 0.1) is 18.8 Å². The van der Waals surface area contributed by atoms with Crippen LogP contribution in [-0.2, 0) is 30.4 Å². The quantitative estimate of drug-likeness (QED) is 0.139. The molecule has 4 unspecified atom stereocenters. The number of carboxylic acid groups (broad SMARTS) is 2. The van der Waals surface area contributed by atoms with Crippen molar-refractivity contribution in [1.82, 2.24) is 25.5 Å². The average molecular weight is 496 g/mol. The first-order valence-corrected chi connectivity index (χ1v) is 11.4. The Labute approximate surface area is 201 Å². The number of nitrogens with zero attached hydrogens (tertiary/aromatic N) is 2. The van der Waals surface area contributed by atoms with Gasteiger partial charge in [-0.1, -0.05) is 0 Å². The fraction of sp³-hybridized carbons (Fsp3) is 0.619. The van der Waals surface area contributed by atoms with Crippen LogP contribution in [0.5, 0.6) is 0 Å². The van der Waals surface area contributed by atoms with Crippen LogP contribution in [0, 0.1) is 0 Å². The lowest BCUT2D eigenvalue weighted by molar-refractivity contribution is -0.148. The van der Waals surface area contributed by atoms with Gasteiger partial charge >= 0.3 is 11.9 Å². The number of aliphatic carboxylic acids is 2. The smallest absolute Gasteiger partial charge is 0.326 e. The first kappa shape index (κ1) is 27.7. The molecule has 1 aromatic rings. The normalized spacial score (nSPS) is 17.9. The van der Waals surface area contributed by atoms with Crippen LogP contribution in [0.4, 0.5) is 0 Å². The minimum Gasteiger partial charge on any atom is -0.481 e. The summed E-state index contributed by atoms with van der Waals surface area (Å²) in [6.45, 7) is 0.639. The molecule has 194 valence electrons. The summed E-state index contributed by atoms with van der Waals surface area (Å²) in [5, 5.41) is 23.0. The van der Waals surface area contributed by atoms with Crippen LogP contribution in [-0.4, -0.2) is 92.0 Å². The number of nitrogens with two attached hydrogens (primary N) is 2. The molecule has 3 amide bonds. The third-order valence-electron chi connectivity index (χ3n) is 5.72. The molecule has 35 heavy (non-hydrogen) atoms. The largest absolute Gasteiger partial charge is 0.481 e. The van der Waals surface area contributed by atoms with E-state index in [-0.39, 0.29) is 25.8 Å². The maximum atomic E-state index is 13.4. The molecule has 0 aromatic carbocycles. The monoisotopic (exact) mass is 495 g/mol. The SMILES string of the molecule is NCCCCC(NC(=O)C(N)Cc1cnc[nH]1)C(=O)N1CCCC1C(=O)NC(CC(=O)O)C(=O)O. The Hall–Kier alpha value is -3.52. The number of rotatable bonds is 14. The van der Waals surface area contributed by atoms with Crippen molar-refractivity contribution in [2.45, 2.75) is 69.1 Å². The van der Waals surface area contributed by atoms with E-state index in [4.69, 9.17) is 16.6 Å². The number of aromatic nitrogens is 2. The summed E-state index contributed by atoms with van der Waals surface area (Å²) in [7, 11) is 0. The maximum absolute atomic E-state index is 13.4. The van der Waals surface area contributed by atoms with Gasteiger partial charge in [-0.05, 0) is 38.6 Å². The zero-order valence-corrected chi connectivity index (χ0v) is 19.3. The number of carbonyl (C=O) groups excluding carboxylic acids is 3. The van der Waals surface area contributed by atoms with E-state index in [2.05, 4.69) is 20.6 Å². The van der Waals surface area contributed by atoms with Gasteiger partial charge in [0.25, 0.3) is 0 Å². The molecule has 2 heterocycles. The van der Waals surface area contributed by atoms with Crippen LogP contribution in [0.3, 0.4) is 0 Å². The Morgan fingerprint density at radius 3 is 2.51 bits per heavy atom. The lowest BCUT2D eigenvalue weighted by Crippen LogP contribution is -2.57. The highest BCUT2D eigenvalue weighted by atomic mass is 16.4. The Morgan fingerprint density at radius 1 is 1.17 bits per heavy atom. The highest BCUT2D eigenvalue weighted by molar-refractivity contribution is 5.95. The molecule has 9 N–H and O–H groups in total. The maximum Gasteiger partial charge on any atom is 0.326 e. The van der Waals surface area contributed by atoms with Gasteiger partial charge in [-0.2, -0.15) is 0 Å². The molecule has 1 aliphatic rings. The number of imidazole rings is 1. The third kappa shape index (κ3) is 8.33. The van der Waals surface area contributed by atoms with Gasteiger partial charge < -0.3 is 42.2 Å². The van der Waals surface area contributed by atoms with Crippen LogP contribution < -0.4 is 22.1 Å². The first-order chi connectivity index (χ1) is 16.6. The lowest BCUT2D eigenvalue weighted by atomic mass is 10.1. The molecule has 14 nitrogen and oxygen atoms in total. The average Bonchev–Trinajstić information content (AvgIpc) is 3.49. The summed E-state index contributed by atoms with van der Waals surface area (Å²) in [5.41, 5.74) is 12.2. The molecule has 14 heteroatoms. The molecule has 0 bridgehead atoms. The minimum absolute atomic E-state index is 0.185. The predicted molar refractivity (Wildman–Crippen MR) is 122 cm³/mol. The minimum atomic E-state index is -1.63. The van der Waals surface area contributed by atoms with Crippen molar-refractivity contribution in [1.29, 1.82) is 0 Å². The Balaban J connectivity index is 2.09. The third-order valence-corrected chi connectivity index (χ3v) is 5.72.